The maximum absolute atomic E-state index is 12.7. The quantitative estimate of drug-likeness (QED) is 0.762. The summed E-state index contributed by atoms with van der Waals surface area (Å²) in [5, 5.41) is 2.91. The van der Waals surface area contributed by atoms with E-state index in [1.807, 2.05) is 31.2 Å². The fourth-order valence-corrected chi connectivity index (χ4v) is 1.16. The molecule has 0 saturated carbocycles. The average Bonchev–Trinajstić information content (AvgIpc) is 2.22. The van der Waals surface area contributed by atoms with Crippen molar-refractivity contribution in [1.29, 1.82) is 0 Å². The van der Waals surface area contributed by atoms with Crippen molar-refractivity contribution in [2.45, 2.75) is 6.92 Å². The highest BCUT2D eigenvalue weighted by Crippen LogP contribution is 2.12. The predicted molar refractivity (Wildman–Crippen MR) is 56.5 cm³/mol. The van der Waals surface area contributed by atoms with Gasteiger partial charge in [0.05, 0.1) is 0 Å². The van der Waals surface area contributed by atoms with Crippen molar-refractivity contribution in [3.63, 3.8) is 0 Å². The summed E-state index contributed by atoms with van der Waals surface area (Å²) in [6.07, 6.45) is 1.37. The molecule has 0 amide bonds. The van der Waals surface area contributed by atoms with Crippen molar-refractivity contribution in [3.8, 4) is 0 Å². The molecule has 2 rings (SSSR count). The number of aryl methyl sites for hydroxylation is 1. The van der Waals surface area contributed by atoms with Gasteiger partial charge in [-0.3, -0.25) is 0 Å². The first-order chi connectivity index (χ1) is 7.24. The van der Waals surface area contributed by atoms with Crippen LogP contribution in [0.4, 0.5) is 16.0 Å². The molecule has 1 N–H and O–H groups in total. The topological polar surface area (TPSA) is 37.8 Å². The van der Waals surface area contributed by atoms with E-state index in [0.717, 1.165) is 5.69 Å². The first-order valence-electron chi connectivity index (χ1n) is 4.56. The second-order valence-corrected chi connectivity index (χ2v) is 3.19. The fraction of sp³-hybridized carbons (Fsp3) is 0.0909. The molecule has 76 valence electrons. The van der Waals surface area contributed by atoms with Gasteiger partial charge in [0, 0.05) is 18.0 Å². The average molecular weight is 203 g/mol. The van der Waals surface area contributed by atoms with Crippen LogP contribution in [0, 0.1) is 12.9 Å². The minimum Gasteiger partial charge on any atom is -0.324 e. The van der Waals surface area contributed by atoms with Crippen LogP contribution in [0.5, 0.6) is 0 Å². The fourth-order valence-electron chi connectivity index (χ4n) is 1.16. The molecule has 0 spiro atoms. The van der Waals surface area contributed by atoms with E-state index >= 15 is 0 Å². The number of nitrogens with zero attached hydrogens (tertiary/aromatic N) is 2. The van der Waals surface area contributed by atoms with E-state index in [4.69, 9.17) is 0 Å². The van der Waals surface area contributed by atoms with Crippen molar-refractivity contribution in [2.75, 3.05) is 5.32 Å². The highest BCUT2D eigenvalue weighted by molar-refractivity contribution is 5.53. The van der Waals surface area contributed by atoms with Crippen LogP contribution in [0.1, 0.15) is 5.56 Å². The summed E-state index contributed by atoms with van der Waals surface area (Å²) in [6.45, 7) is 2.00. The van der Waals surface area contributed by atoms with E-state index in [-0.39, 0.29) is 5.95 Å². The summed E-state index contributed by atoms with van der Waals surface area (Å²) in [5.41, 5.74) is 2.01. The maximum Gasteiger partial charge on any atom is 0.229 e. The monoisotopic (exact) mass is 203 g/mol. The Kier molecular flexibility index (Phi) is 2.58. The Morgan fingerprint density at radius 2 is 1.87 bits per heavy atom. The van der Waals surface area contributed by atoms with E-state index in [1.165, 1.54) is 17.8 Å². The molecule has 0 fully saturated rings. The van der Waals surface area contributed by atoms with Gasteiger partial charge in [0.15, 0.2) is 0 Å². The van der Waals surface area contributed by atoms with Gasteiger partial charge in [-0.2, -0.15) is 9.37 Å². The third kappa shape index (κ3) is 2.49. The van der Waals surface area contributed by atoms with Crippen LogP contribution in [0.15, 0.2) is 36.5 Å². The molecule has 0 atom stereocenters. The molecule has 1 heterocycles. The molecule has 0 bridgehead atoms. The number of hydrogen-bond acceptors (Lipinski definition) is 3. The lowest BCUT2D eigenvalue weighted by atomic mass is 10.2. The van der Waals surface area contributed by atoms with Gasteiger partial charge in [-0.05, 0) is 19.1 Å². The number of halogens is 1. The number of nitrogens with one attached hydrogen (secondary N) is 1. The van der Waals surface area contributed by atoms with E-state index in [1.54, 1.807) is 0 Å². The highest BCUT2D eigenvalue weighted by Gasteiger charge is 1.98. The summed E-state index contributed by atoms with van der Waals surface area (Å²) in [4.78, 5) is 7.50. The van der Waals surface area contributed by atoms with Gasteiger partial charge in [0.1, 0.15) is 0 Å². The number of hydrogen-bond donors (Lipinski definition) is 1. The largest absolute Gasteiger partial charge is 0.324 e. The lowest BCUT2D eigenvalue weighted by molar-refractivity contribution is 0.582. The minimum atomic E-state index is -0.542. The lowest BCUT2D eigenvalue weighted by Crippen LogP contribution is -1.97. The van der Waals surface area contributed by atoms with Gasteiger partial charge in [-0.25, -0.2) is 4.98 Å². The van der Waals surface area contributed by atoms with Gasteiger partial charge >= 0.3 is 0 Å². The third-order valence-corrected chi connectivity index (χ3v) is 1.93. The number of benzene rings is 1. The molecule has 2 aromatic rings. The van der Waals surface area contributed by atoms with Crippen LogP contribution in [0.25, 0.3) is 0 Å². The molecule has 3 nitrogen and oxygen atoms in total. The first-order valence-corrected chi connectivity index (χ1v) is 4.56. The highest BCUT2D eigenvalue weighted by atomic mass is 19.1. The van der Waals surface area contributed by atoms with Crippen molar-refractivity contribution in [1.82, 2.24) is 9.97 Å². The zero-order chi connectivity index (χ0) is 10.7. The van der Waals surface area contributed by atoms with Gasteiger partial charge < -0.3 is 5.32 Å². The normalized spacial score (nSPS) is 10.0. The predicted octanol–water partition coefficient (Wildman–Crippen LogP) is 2.67. The van der Waals surface area contributed by atoms with Crippen LogP contribution in [0.3, 0.4) is 0 Å². The Morgan fingerprint density at radius 3 is 2.53 bits per heavy atom. The van der Waals surface area contributed by atoms with Crippen LogP contribution in [0.2, 0.25) is 0 Å². The van der Waals surface area contributed by atoms with Crippen molar-refractivity contribution in [2.24, 2.45) is 0 Å². The first kappa shape index (κ1) is 9.58. The van der Waals surface area contributed by atoms with Gasteiger partial charge in [-0.15, -0.1) is 0 Å². The Hall–Kier alpha value is -1.97. The van der Waals surface area contributed by atoms with Crippen LogP contribution >= 0.6 is 0 Å². The second-order valence-electron chi connectivity index (χ2n) is 3.19. The standard InChI is InChI=1S/C11H10FN3/c1-8-2-4-9(5-3-8)14-11-13-7-6-10(12)15-11/h2-7H,1H3,(H,13,14,15). The molecule has 0 aliphatic carbocycles. The van der Waals surface area contributed by atoms with E-state index < -0.39 is 5.95 Å². The van der Waals surface area contributed by atoms with Crippen molar-refractivity contribution < 1.29 is 4.39 Å². The SMILES string of the molecule is Cc1ccc(Nc2nccc(F)n2)cc1. The van der Waals surface area contributed by atoms with Crippen molar-refractivity contribution in [3.05, 3.63) is 48.0 Å². The van der Waals surface area contributed by atoms with Crippen LogP contribution in [-0.4, -0.2) is 9.97 Å². The smallest absolute Gasteiger partial charge is 0.229 e. The molecular formula is C11H10FN3. The Labute approximate surface area is 87.0 Å². The lowest BCUT2D eigenvalue weighted by Gasteiger charge is -2.03. The Bertz CT molecular complexity index is 454. The molecule has 15 heavy (non-hydrogen) atoms. The van der Waals surface area contributed by atoms with E-state index in [0.29, 0.717) is 0 Å². The Balaban J connectivity index is 2.18. The second kappa shape index (κ2) is 4.04. The number of anilines is 2. The molecule has 1 aromatic carbocycles. The molecule has 4 heteroatoms. The maximum atomic E-state index is 12.7. The summed E-state index contributed by atoms with van der Waals surface area (Å²) in [7, 11) is 0. The Morgan fingerprint density at radius 1 is 1.13 bits per heavy atom. The van der Waals surface area contributed by atoms with Gasteiger partial charge in [-0.1, -0.05) is 17.7 Å². The van der Waals surface area contributed by atoms with Gasteiger partial charge in [0.2, 0.25) is 11.9 Å². The number of rotatable bonds is 2. The van der Waals surface area contributed by atoms with E-state index in [2.05, 4.69) is 15.3 Å². The van der Waals surface area contributed by atoms with Crippen LogP contribution < -0.4 is 5.32 Å². The molecule has 0 aliphatic heterocycles. The summed E-state index contributed by atoms with van der Waals surface area (Å²) < 4.78 is 12.7. The molecule has 0 aliphatic rings. The molecule has 1 aromatic heterocycles. The molecule has 0 saturated heterocycles. The zero-order valence-corrected chi connectivity index (χ0v) is 8.24. The summed E-state index contributed by atoms with van der Waals surface area (Å²) >= 11 is 0. The van der Waals surface area contributed by atoms with Gasteiger partial charge in [0.25, 0.3) is 0 Å². The third-order valence-electron chi connectivity index (χ3n) is 1.93. The minimum absolute atomic E-state index is 0.263. The molecule has 0 radical (unpaired) electrons. The molecular weight excluding hydrogens is 193 g/mol. The van der Waals surface area contributed by atoms with E-state index in [9.17, 15) is 4.39 Å². The van der Waals surface area contributed by atoms with Crippen molar-refractivity contribution >= 4 is 11.6 Å². The number of aromatic nitrogens is 2. The summed E-state index contributed by atoms with van der Waals surface area (Å²) in [5.74, 6) is -0.279. The zero-order valence-electron chi connectivity index (χ0n) is 8.24. The molecule has 0 unspecified atom stereocenters. The van der Waals surface area contributed by atoms with Crippen LogP contribution in [-0.2, 0) is 0 Å². The summed E-state index contributed by atoms with van der Waals surface area (Å²) in [6, 6.07) is 8.91.